The first-order valence-electron chi connectivity index (χ1n) is 13.0. The van der Waals surface area contributed by atoms with E-state index in [0.717, 1.165) is 30.9 Å². The Labute approximate surface area is 241 Å². The van der Waals surface area contributed by atoms with E-state index < -0.39 is 0 Å². The van der Waals surface area contributed by atoms with Gasteiger partial charge < -0.3 is 9.32 Å². The highest BCUT2D eigenvalue weighted by Gasteiger charge is 2.25. The number of nitrogens with zero attached hydrogens (tertiary/aromatic N) is 6. The van der Waals surface area contributed by atoms with Gasteiger partial charge in [-0.15, -0.1) is 10.2 Å². The number of halogens is 1. The van der Waals surface area contributed by atoms with Crippen molar-refractivity contribution in [3.63, 3.8) is 0 Å². The van der Waals surface area contributed by atoms with Crippen LogP contribution < -0.4 is 0 Å². The number of piperazine rings is 1. The molecule has 3 heterocycles. The highest BCUT2D eigenvalue weighted by molar-refractivity contribution is 7.98. The maximum absolute atomic E-state index is 13.1. The Kier molecular flexibility index (Phi) is 7.94. The van der Waals surface area contributed by atoms with Crippen LogP contribution in [0, 0.1) is 0 Å². The van der Waals surface area contributed by atoms with Crippen LogP contribution >= 0.6 is 23.4 Å². The summed E-state index contributed by atoms with van der Waals surface area (Å²) < 4.78 is 7.65. The molecule has 1 aliphatic rings. The Bertz CT molecular complexity index is 1580. The average molecular weight is 571 g/mol. The lowest BCUT2D eigenvalue weighted by Crippen LogP contribution is -2.48. The molecule has 3 aromatic carbocycles. The fourth-order valence-corrected chi connectivity index (χ4v) is 5.73. The van der Waals surface area contributed by atoms with Crippen molar-refractivity contribution in [2.24, 2.45) is 0 Å². The number of para-hydroxylation sites is 1. The number of carbonyl (C=O) groups excluding carboxylic acids is 1. The third-order valence-corrected chi connectivity index (χ3v) is 8.01. The van der Waals surface area contributed by atoms with Crippen LogP contribution in [0.2, 0.25) is 5.02 Å². The van der Waals surface area contributed by atoms with Gasteiger partial charge in [-0.2, -0.15) is 0 Å². The quantitative estimate of drug-likeness (QED) is 0.217. The molecule has 202 valence electrons. The van der Waals surface area contributed by atoms with E-state index in [-0.39, 0.29) is 5.91 Å². The third kappa shape index (κ3) is 5.82. The summed E-state index contributed by atoms with van der Waals surface area (Å²) in [7, 11) is 0. The van der Waals surface area contributed by atoms with Crippen molar-refractivity contribution in [3.05, 3.63) is 113 Å². The van der Waals surface area contributed by atoms with Gasteiger partial charge in [-0.3, -0.25) is 14.3 Å². The molecule has 0 aliphatic carbocycles. The van der Waals surface area contributed by atoms with Gasteiger partial charge in [0.15, 0.2) is 16.7 Å². The molecule has 6 rings (SSSR count). The van der Waals surface area contributed by atoms with Crippen LogP contribution in [0.25, 0.3) is 17.1 Å². The lowest BCUT2D eigenvalue weighted by atomic mass is 10.2. The molecule has 0 unspecified atom stereocenters. The summed E-state index contributed by atoms with van der Waals surface area (Å²) >= 11 is 7.93. The lowest BCUT2D eigenvalue weighted by molar-refractivity contribution is 0.0622. The van der Waals surface area contributed by atoms with Gasteiger partial charge in [-0.1, -0.05) is 84.0 Å². The summed E-state index contributed by atoms with van der Waals surface area (Å²) in [5, 5.41) is 10.2. The zero-order valence-corrected chi connectivity index (χ0v) is 23.3. The maximum atomic E-state index is 13.1. The number of oxazole rings is 1. The topological polar surface area (TPSA) is 80.3 Å². The van der Waals surface area contributed by atoms with Gasteiger partial charge in [0.05, 0.1) is 10.8 Å². The summed E-state index contributed by atoms with van der Waals surface area (Å²) in [5.41, 5.74) is 3.32. The number of amides is 1. The number of benzene rings is 3. The molecule has 0 spiro atoms. The first-order valence-corrected chi connectivity index (χ1v) is 14.4. The van der Waals surface area contributed by atoms with Gasteiger partial charge >= 0.3 is 0 Å². The van der Waals surface area contributed by atoms with Crippen LogP contribution in [-0.4, -0.2) is 61.6 Å². The molecule has 0 saturated carbocycles. The molecule has 5 aromatic rings. The van der Waals surface area contributed by atoms with Gasteiger partial charge in [-0.25, -0.2) is 4.98 Å². The van der Waals surface area contributed by atoms with Crippen molar-refractivity contribution >= 4 is 29.3 Å². The van der Waals surface area contributed by atoms with Gasteiger partial charge in [0.25, 0.3) is 5.91 Å². The van der Waals surface area contributed by atoms with Crippen molar-refractivity contribution in [1.82, 2.24) is 29.5 Å². The van der Waals surface area contributed by atoms with Gasteiger partial charge in [0.1, 0.15) is 6.26 Å². The van der Waals surface area contributed by atoms with Crippen LogP contribution in [0.5, 0.6) is 0 Å². The number of thioether (sulfide) groups is 1. The second kappa shape index (κ2) is 12.1. The zero-order chi connectivity index (χ0) is 27.3. The van der Waals surface area contributed by atoms with E-state index in [1.807, 2.05) is 70.1 Å². The largest absolute Gasteiger partial charge is 0.447 e. The summed E-state index contributed by atoms with van der Waals surface area (Å²) in [6, 6.07) is 27.9. The Hall–Kier alpha value is -3.92. The molecular weight excluding hydrogens is 544 g/mol. The molecule has 0 bridgehead atoms. The molecule has 0 radical (unpaired) electrons. The zero-order valence-electron chi connectivity index (χ0n) is 21.7. The van der Waals surface area contributed by atoms with Crippen LogP contribution in [-0.2, 0) is 12.3 Å². The fraction of sp³-hybridized carbons (Fsp3) is 0.200. The Morgan fingerprint density at radius 3 is 2.33 bits per heavy atom. The summed E-state index contributed by atoms with van der Waals surface area (Å²) in [6.45, 7) is 3.86. The smallest absolute Gasteiger partial charge is 0.275 e. The second-order valence-electron chi connectivity index (χ2n) is 9.43. The predicted octanol–water partition coefficient (Wildman–Crippen LogP) is 5.83. The van der Waals surface area contributed by atoms with Gasteiger partial charge in [-0.05, 0) is 29.8 Å². The minimum Gasteiger partial charge on any atom is -0.447 e. The minimum absolute atomic E-state index is 0.104. The number of carbonyl (C=O) groups is 1. The molecular formula is C30H27ClN6O2S. The predicted molar refractivity (Wildman–Crippen MR) is 155 cm³/mol. The highest BCUT2D eigenvalue weighted by atomic mass is 35.5. The second-order valence-corrected chi connectivity index (χ2v) is 10.8. The first kappa shape index (κ1) is 26.3. The minimum atomic E-state index is -0.104. The van der Waals surface area contributed by atoms with E-state index in [4.69, 9.17) is 16.0 Å². The van der Waals surface area contributed by atoms with Gasteiger partial charge in [0.2, 0.25) is 5.89 Å². The number of hydrogen-bond acceptors (Lipinski definition) is 7. The summed E-state index contributed by atoms with van der Waals surface area (Å²) in [5.74, 6) is 1.39. The van der Waals surface area contributed by atoms with Crippen LogP contribution in [0.1, 0.15) is 21.9 Å². The number of hydrogen-bond donors (Lipinski definition) is 0. The first-order chi connectivity index (χ1) is 19.7. The van der Waals surface area contributed by atoms with Crippen LogP contribution in [0.15, 0.2) is 101 Å². The van der Waals surface area contributed by atoms with E-state index in [1.165, 1.54) is 23.6 Å². The standard InChI is InChI=1S/C30H27ClN6O2S/c31-25-14-8-7-13-24(25)28-33-34-30(37(28)23-11-5-2-6-12-23)40-21-27-32-26(20-39-27)29(38)36-17-15-35(16-18-36)19-22-9-3-1-4-10-22/h1-14,20H,15-19,21H2. The number of rotatable bonds is 8. The van der Waals surface area contributed by atoms with E-state index >= 15 is 0 Å². The molecule has 1 aliphatic heterocycles. The molecule has 40 heavy (non-hydrogen) atoms. The Morgan fingerprint density at radius 2 is 1.57 bits per heavy atom. The van der Waals surface area contributed by atoms with Crippen molar-refractivity contribution < 1.29 is 9.21 Å². The molecule has 1 saturated heterocycles. The normalized spacial score (nSPS) is 14.0. The summed E-state index contributed by atoms with van der Waals surface area (Å²) in [4.78, 5) is 21.8. The van der Waals surface area contributed by atoms with Gasteiger partial charge in [0, 0.05) is 44.0 Å². The molecule has 8 nitrogen and oxygen atoms in total. The lowest BCUT2D eigenvalue weighted by Gasteiger charge is -2.34. The monoisotopic (exact) mass is 570 g/mol. The van der Waals surface area contributed by atoms with Crippen molar-refractivity contribution in [3.8, 4) is 17.1 Å². The highest BCUT2D eigenvalue weighted by Crippen LogP contribution is 2.32. The van der Waals surface area contributed by atoms with Crippen LogP contribution in [0.3, 0.4) is 0 Å². The van der Waals surface area contributed by atoms with E-state index in [9.17, 15) is 4.79 Å². The SMILES string of the molecule is O=C(c1coc(CSc2nnc(-c3ccccc3Cl)n2-c2ccccc2)n1)N1CCN(Cc2ccccc2)CC1. The maximum Gasteiger partial charge on any atom is 0.275 e. The van der Waals surface area contributed by atoms with Crippen molar-refractivity contribution in [1.29, 1.82) is 0 Å². The Balaban J connectivity index is 1.12. The van der Waals surface area contributed by atoms with E-state index in [2.05, 4.69) is 44.3 Å². The fourth-order valence-electron chi connectivity index (χ4n) is 4.70. The van der Waals surface area contributed by atoms with Crippen molar-refractivity contribution in [2.75, 3.05) is 26.2 Å². The average Bonchev–Trinajstić information content (AvgIpc) is 3.65. The van der Waals surface area contributed by atoms with E-state index in [0.29, 0.717) is 46.4 Å². The number of aromatic nitrogens is 4. The molecule has 0 atom stereocenters. The van der Waals surface area contributed by atoms with E-state index in [1.54, 1.807) is 0 Å². The molecule has 2 aromatic heterocycles. The molecule has 0 N–H and O–H groups in total. The Morgan fingerprint density at radius 1 is 0.875 bits per heavy atom. The van der Waals surface area contributed by atoms with Crippen molar-refractivity contribution in [2.45, 2.75) is 17.5 Å². The summed E-state index contributed by atoms with van der Waals surface area (Å²) in [6.07, 6.45) is 1.45. The molecule has 1 fully saturated rings. The molecule has 10 heteroatoms. The third-order valence-electron chi connectivity index (χ3n) is 6.77. The van der Waals surface area contributed by atoms with Crippen LogP contribution in [0.4, 0.5) is 0 Å². The molecule has 1 amide bonds.